The van der Waals surface area contributed by atoms with Crippen LogP contribution in [0, 0.1) is 0 Å². The van der Waals surface area contributed by atoms with Crippen molar-refractivity contribution in [2.45, 2.75) is 82.8 Å². The van der Waals surface area contributed by atoms with Gasteiger partial charge in [0.1, 0.15) is 0 Å². The van der Waals surface area contributed by atoms with E-state index in [1.165, 1.54) is 44.9 Å². The van der Waals surface area contributed by atoms with Crippen LogP contribution in [0.15, 0.2) is 0 Å². The zero-order valence-electron chi connectivity index (χ0n) is 15.1. The van der Waals surface area contributed by atoms with Gasteiger partial charge in [0, 0.05) is 6.42 Å². The molecule has 0 aliphatic heterocycles. The Morgan fingerprint density at radius 1 is 0.769 bits per heavy atom. The Balaban J connectivity index is 0. The molecule has 0 spiro atoms. The molecule has 0 bridgehead atoms. The molecule has 0 aromatic rings. The van der Waals surface area contributed by atoms with Gasteiger partial charge in [-0.05, 0) is 6.42 Å². The number of unbranched alkanes of at least 4 members (excludes halogenated alkanes) is 8. The van der Waals surface area contributed by atoms with E-state index in [0.29, 0.717) is 6.42 Å². The highest BCUT2D eigenvalue weighted by Crippen LogP contribution is 2.10. The molecule has 0 saturated carbocycles. The van der Waals surface area contributed by atoms with Crippen molar-refractivity contribution in [3.8, 4) is 0 Å². The van der Waals surface area contributed by atoms with E-state index in [1.54, 1.807) is 0 Å². The molecule has 0 aromatic heterocycles. The first-order chi connectivity index (χ1) is 12.0. The highest BCUT2D eigenvalue weighted by molar-refractivity contribution is 7.87. The highest BCUT2D eigenvalue weighted by atomic mass is 32.2. The minimum absolute atomic E-state index is 0.343. The second kappa shape index (κ2) is 15.6. The third-order valence-electron chi connectivity index (χ3n) is 3.49. The van der Waals surface area contributed by atoms with Gasteiger partial charge >= 0.3 is 17.9 Å². The summed E-state index contributed by atoms with van der Waals surface area (Å²) in [7, 11) is -4.84. The summed E-state index contributed by atoms with van der Waals surface area (Å²) in [6, 6.07) is 0. The molecule has 0 saturated heterocycles. The van der Waals surface area contributed by atoms with E-state index >= 15 is 0 Å². The number of carbonyl (C=O) groups is 3. The predicted molar refractivity (Wildman–Crippen MR) is 94.7 cm³/mol. The van der Waals surface area contributed by atoms with Crippen LogP contribution in [0.4, 0.5) is 0 Å². The van der Waals surface area contributed by atoms with Crippen molar-refractivity contribution in [2.75, 3.05) is 0 Å². The third kappa shape index (κ3) is 18.7. The number of aliphatic carboxylic acids is 3. The first kappa shape index (κ1) is 26.5. The van der Waals surface area contributed by atoms with Gasteiger partial charge in [0.05, 0.1) is 6.42 Å². The average Bonchev–Trinajstić information content (AvgIpc) is 2.50. The molecule has 154 valence electrons. The molecular weight excluding hydrogens is 368 g/mol. The van der Waals surface area contributed by atoms with Gasteiger partial charge in [0.25, 0.3) is 10.1 Å². The van der Waals surface area contributed by atoms with Crippen molar-refractivity contribution in [2.24, 2.45) is 0 Å². The van der Waals surface area contributed by atoms with E-state index in [2.05, 4.69) is 6.92 Å². The molecule has 0 heterocycles. The summed E-state index contributed by atoms with van der Waals surface area (Å²) in [4.78, 5) is 30.2. The topological polar surface area (TPSA) is 166 Å². The normalized spacial score (nSPS) is 11.9. The van der Waals surface area contributed by atoms with Crippen LogP contribution in [-0.2, 0) is 24.5 Å². The van der Waals surface area contributed by atoms with E-state index in [9.17, 15) is 22.8 Å². The predicted octanol–water partition coefficient (Wildman–Crippen LogP) is 2.79. The van der Waals surface area contributed by atoms with Crippen LogP contribution < -0.4 is 0 Å². The van der Waals surface area contributed by atoms with Crippen molar-refractivity contribution >= 4 is 28.0 Å². The van der Waals surface area contributed by atoms with E-state index in [1.807, 2.05) is 0 Å². The number of carboxylic acid groups (broad SMARTS) is 3. The third-order valence-corrected chi connectivity index (χ3v) is 4.58. The second-order valence-corrected chi connectivity index (χ2v) is 7.51. The van der Waals surface area contributed by atoms with Gasteiger partial charge in [0.15, 0.2) is 5.25 Å². The molecule has 0 fully saturated rings. The lowest BCUT2D eigenvalue weighted by Crippen LogP contribution is -2.31. The van der Waals surface area contributed by atoms with Crippen LogP contribution in [0.3, 0.4) is 0 Å². The van der Waals surface area contributed by atoms with Crippen LogP contribution in [0.25, 0.3) is 0 Å². The van der Waals surface area contributed by atoms with Crippen LogP contribution in [-0.4, -0.2) is 51.4 Å². The van der Waals surface area contributed by atoms with E-state index in [0.717, 1.165) is 12.8 Å². The molecule has 9 nitrogen and oxygen atoms in total. The number of hydrogen-bond donors (Lipinski definition) is 4. The van der Waals surface area contributed by atoms with Crippen molar-refractivity contribution in [1.29, 1.82) is 0 Å². The fourth-order valence-electron chi connectivity index (χ4n) is 2.07. The zero-order chi connectivity index (χ0) is 20.6. The Morgan fingerprint density at radius 3 is 1.46 bits per heavy atom. The van der Waals surface area contributed by atoms with E-state index in [4.69, 9.17) is 19.9 Å². The molecule has 0 aromatic carbocycles. The van der Waals surface area contributed by atoms with Gasteiger partial charge in [0.2, 0.25) is 0 Å². The Kier molecular flexibility index (Phi) is 15.9. The molecule has 0 rings (SSSR count). The summed E-state index contributed by atoms with van der Waals surface area (Å²) in [5, 5.41) is 22.3. The Bertz CT molecular complexity index is 514. The lowest BCUT2D eigenvalue weighted by atomic mass is 10.1. The summed E-state index contributed by atoms with van der Waals surface area (Å²) in [6.45, 7) is 2.23. The first-order valence-corrected chi connectivity index (χ1v) is 10.1. The lowest BCUT2D eigenvalue weighted by Gasteiger charge is -2.04. The van der Waals surface area contributed by atoms with Gasteiger partial charge in [-0.3, -0.25) is 18.9 Å². The Hall–Kier alpha value is -1.68. The van der Waals surface area contributed by atoms with Crippen molar-refractivity contribution < 1.29 is 42.7 Å². The van der Waals surface area contributed by atoms with Gasteiger partial charge < -0.3 is 15.3 Å². The summed E-state index contributed by atoms with van der Waals surface area (Å²) in [5.41, 5.74) is 0. The molecule has 0 amide bonds. The standard InChI is InChI=1S/C12H24O2.C4H6O7S/c1-2-3-4-5-6-7-8-9-10-11-12(13)14;5-3(6)1-2(4(7)8)12(9,10)11/h2-11H2,1H3,(H,13,14);2H,1H2,(H,5,6)(H,7,8)(H,9,10,11). The SMILES string of the molecule is CCCCCCCCCCCC(=O)O.O=C(O)CC(C(=O)O)S(=O)(=O)O. The van der Waals surface area contributed by atoms with Crippen molar-refractivity contribution in [3.05, 3.63) is 0 Å². The van der Waals surface area contributed by atoms with E-state index in [-0.39, 0.29) is 0 Å². The van der Waals surface area contributed by atoms with Gasteiger partial charge in [-0.15, -0.1) is 0 Å². The summed E-state index contributed by atoms with van der Waals surface area (Å²) >= 11 is 0. The largest absolute Gasteiger partial charge is 0.481 e. The number of rotatable bonds is 14. The molecule has 4 N–H and O–H groups in total. The maximum Gasteiger partial charge on any atom is 0.325 e. The molecule has 10 heteroatoms. The van der Waals surface area contributed by atoms with Crippen molar-refractivity contribution in [1.82, 2.24) is 0 Å². The zero-order valence-corrected chi connectivity index (χ0v) is 15.9. The first-order valence-electron chi connectivity index (χ1n) is 8.65. The average molecular weight is 398 g/mol. The van der Waals surface area contributed by atoms with Gasteiger partial charge in [-0.1, -0.05) is 58.3 Å². The Morgan fingerprint density at radius 2 is 1.19 bits per heavy atom. The van der Waals surface area contributed by atoms with Crippen LogP contribution in [0.5, 0.6) is 0 Å². The second-order valence-electron chi connectivity index (χ2n) is 5.91. The fraction of sp³-hybridized carbons (Fsp3) is 0.812. The van der Waals surface area contributed by atoms with Crippen LogP contribution in [0.1, 0.15) is 77.6 Å². The molecule has 0 aliphatic carbocycles. The minimum Gasteiger partial charge on any atom is -0.481 e. The fourth-order valence-corrected chi connectivity index (χ4v) is 2.67. The minimum atomic E-state index is -4.84. The van der Waals surface area contributed by atoms with Crippen molar-refractivity contribution in [3.63, 3.8) is 0 Å². The van der Waals surface area contributed by atoms with E-state index < -0.39 is 39.7 Å². The summed E-state index contributed by atoms with van der Waals surface area (Å²) in [5.74, 6) is -4.16. The smallest absolute Gasteiger partial charge is 0.325 e. The maximum absolute atomic E-state index is 10.2. The summed E-state index contributed by atoms with van der Waals surface area (Å²) in [6.07, 6.45) is 10.3. The molecule has 1 atom stereocenters. The number of carboxylic acids is 3. The quantitative estimate of drug-likeness (QED) is 0.254. The molecule has 26 heavy (non-hydrogen) atoms. The molecule has 0 radical (unpaired) electrons. The van der Waals surface area contributed by atoms with Crippen LogP contribution in [0.2, 0.25) is 0 Å². The molecule has 0 aliphatic rings. The monoisotopic (exact) mass is 398 g/mol. The lowest BCUT2D eigenvalue weighted by molar-refractivity contribution is -0.143. The highest BCUT2D eigenvalue weighted by Gasteiger charge is 2.33. The van der Waals surface area contributed by atoms with Gasteiger partial charge in [-0.25, -0.2) is 0 Å². The summed E-state index contributed by atoms with van der Waals surface area (Å²) < 4.78 is 28.7. The molecular formula is C16H30O9S. The molecule has 1 unspecified atom stereocenters. The Labute approximate surface area is 154 Å². The van der Waals surface area contributed by atoms with Gasteiger partial charge in [-0.2, -0.15) is 8.42 Å². The van der Waals surface area contributed by atoms with Crippen LogP contribution >= 0.6 is 0 Å². The number of hydrogen-bond acceptors (Lipinski definition) is 5. The maximum atomic E-state index is 10.2.